The van der Waals surface area contributed by atoms with Gasteiger partial charge in [0.05, 0.1) is 11.9 Å². The number of benzene rings is 1. The molecule has 5 heterocycles. The molecule has 42 heavy (non-hydrogen) atoms. The van der Waals surface area contributed by atoms with E-state index in [2.05, 4.69) is 32.3 Å². The van der Waals surface area contributed by atoms with E-state index in [1.165, 1.54) is 46.0 Å². The van der Waals surface area contributed by atoms with E-state index in [1.54, 1.807) is 12.3 Å². The number of carbonyl (C=O) groups excluding carboxylic acids is 2. The highest BCUT2D eigenvalue weighted by atomic mass is 35.5. The van der Waals surface area contributed by atoms with Crippen LogP contribution in [0.3, 0.4) is 0 Å². The van der Waals surface area contributed by atoms with Gasteiger partial charge in [-0.25, -0.2) is 9.50 Å². The van der Waals surface area contributed by atoms with Crippen molar-refractivity contribution < 1.29 is 23.1 Å². The van der Waals surface area contributed by atoms with Crippen LogP contribution in [0.1, 0.15) is 17.3 Å². The van der Waals surface area contributed by atoms with Crippen LogP contribution in [0, 0.1) is 11.8 Å². The first kappa shape index (κ1) is 29.7. The van der Waals surface area contributed by atoms with Crippen molar-refractivity contribution in [1.29, 1.82) is 0 Å². The van der Waals surface area contributed by atoms with Crippen molar-refractivity contribution in [2.45, 2.75) is 20.1 Å². The Balaban J connectivity index is 0.00000353. The van der Waals surface area contributed by atoms with Gasteiger partial charge >= 0.3 is 6.61 Å². The summed E-state index contributed by atoms with van der Waals surface area (Å²) in [5.41, 5.74) is 0.953. The summed E-state index contributed by atoms with van der Waals surface area (Å²) in [5.74, 6) is 0.0548. The number of likely N-dealkylation sites (tertiary alicyclic amines) is 2. The molecule has 2 atom stereocenters. The second-order valence-corrected chi connectivity index (χ2v) is 10.6. The first-order chi connectivity index (χ1) is 19.8. The molecule has 1 aromatic carbocycles. The predicted molar refractivity (Wildman–Crippen MR) is 153 cm³/mol. The van der Waals surface area contributed by atoms with Crippen molar-refractivity contribution in [3.8, 4) is 17.0 Å². The Hall–Kier alpha value is -3.81. The zero-order chi connectivity index (χ0) is 28.7. The fourth-order valence-electron chi connectivity index (χ4n) is 5.65. The smallest absolute Gasteiger partial charge is 0.387 e. The fraction of sp³-hybridized carbons (Fsp3) is 0.370. The lowest BCUT2D eigenvalue weighted by atomic mass is 10.0. The van der Waals surface area contributed by atoms with Crippen molar-refractivity contribution in [3.05, 3.63) is 59.6 Å². The maximum absolute atomic E-state index is 13.3. The molecule has 6 rings (SSSR count). The van der Waals surface area contributed by atoms with E-state index in [4.69, 9.17) is 16.3 Å². The largest absolute Gasteiger partial charge is 0.434 e. The number of alkyl halides is 2. The molecule has 2 aliphatic rings. The molecule has 0 radical (unpaired) electrons. The lowest BCUT2D eigenvalue weighted by Gasteiger charge is -2.20. The SMILES string of the molecule is CCN1C[C@@H]2CN(C(=O)Cn3cc(NC(=O)c4cnn5cccnc45)c(-c4cc(Cl)ccc4OC(F)F)n3)C[C@@H]2C1.Cl. The van der Waals surface area contributed by atoms with Gasteiger partial charge in [0.25, 0.3) is 5.91 Å². The lowest BCUT2D eigenvalue weighted by Crippen LogP contribution is -2.35. The van der Waals surface area contributed by atoms with Gasteiger partial charge in [0.15, 0.2) is 5.65 Å². The van der Waals surface area contributed by atoms with Crippen molar-refractivity contribution in [1.82, 2.24) is 34.2 Å². The van der Waals surface area contributed by atoms with Crippen LogP contribution < -0.4 is 10.1 Å². The monoisotopic (exact) mass is 620 g/mol. The van der Waals surface area contributed by atoms with Crippen molar-refractivity contribution in [2.24, 2.45) is 11.8 Å². The molecule has 2 aliphatic heterocycles. The summed E-state index contributed by atoms with van der Waals surface area (Å²) in [6.07, 6.45) is 6.06. The molecule has 3 aromatic heterocycles. The second kappa shape index (κ2) is 12.2. The van der Waals surface area contributed by atoms with Gasteiger partial charge in [-0.15, -0.1) is 12.4 Å². The quantitative estimate of drug-likeness (QED) is 0.318. The summed E-state index contributed by atoms with van der Waals surface area (Å²) in [7, 11) is 0. The van der Waals surface area contributed by atoms with E-state index in [9.17, 15) is 18.4 Å². The summed E-state index contributed by atoms with van der Waals surface area (Å²) in [6, 6.07) is 5.81. The highest BCUT2D eigenvalue weighted by molar-refractivity contribution is 6.31. The maximum Gasteiger partial charge on any atom is 0.387 e. The minimum absolute atomic E-state index is 0. The molecule has 2 amide bonds. The standard InChI is InChI=1S/C27H27ClF2N8O3.ClH/c1-2-35-10-16-12-36(13-17(16)11-35)23(39)15-37-14-21(33-26(40)20-9-32-38-7-3-6-31-25(20)38)24(34-37)19-8-18(28)4-5-22(19)41-27(29)30;/h3-9,14,16-17,27H,2,10-13,15H2,1H3,(H,33,40);1H/t16-,17+;. The number of hydrogen-bond donors (Lipinski definition) is 1. The van der Waals surface area contributed by atoms with E-state index < -0.39 is 12.5 Å². The number of aromatic nitrogens is 5. The first-order valence-electron chi connectivity index (χ1n) is 13.2. The molecule has 0 aliphatic carbocycles. The molecule has 0 unspecified atom stereocenters. The van der Waals surface area contributed by atoms with Crippen LogP contribution in [0.2, 0.25) is 5.02 Å². The van der Waals surface area contributed by atoms with Gasteiger partial charge in [0.2, 0.25) is 5.91 Å². The minimum atomic E-state index is -3.10. The molecule has 15 heteroatoms. The summed E-state index contributed by atoms with van der Waals surface area (Å²) in [6.45, 7) is 3.26. The van der Waals surface area contributed by atoms with Crippen LogP contribution >= 0.6 is 24.0 Å². The summed E-state index contributed by atoms with van der Waals surface area (Å²) >= 11 is 6.20. The third-order valence-corrected chi connectivity index (χ3v) is 7.84. The summed E-state index contributed by atoms with van der Waals surface area (Å²) < 4.78 is 34.0. The van der Waals surface area contributed by atoms with Gasteiger partial charge in [-0.1, -0.05) is 18.5 Å². The van der Waals surface area contributed by atoms with Gasteiger partial charge in [0.1, 0.15) is 23.6 Å². The Bertz CT molecular complexity index is 1600. The zero-order valence-corrected chi connectivity index (χ0v) is 24.1. The fourth-order valence-corrected chi connectivity index (χ4v) is 5.82. The number of nitrogens with zero attached hydrogens (tertiary/aromatic N) is 7. The maximum atomic E-state index is 13.3. The van der Waals surface area contributed by atoms with Gasteiger partial charge in [-0.05, 0) is 42.6 Å². The third kappa shape index (κ3) is 5.90. The van der Waals surface area contributed by atoms with Gasteiger partial charge < -0.3 is 19.9 Å². The molecule has 1 N–H and O–H groups in total. The number of fused-ring (bicyclic) bond motifs is 2. The van der Waals surface area contributed by atoms with Crippen LogP contribution in [-0.4, -0.2) is 85.3 Å². The zero-order valence-electron chi connectivity index (χ0n) is 22.5. The molecule has 0 bridgehead atoms. The molecule has 0 saturated carbocycles. The number of rotatable bonds is 8. The Morgan fingerprint density at radius 2 is 1.95 bits per heavy atom. The number of ether oxygens (including phenoxy) is 1. The van der Waals surface area contributed by atoms with E-state index in [0.29, 0.717) is 30.6 Å². The molecule has 2 saturated heterocycles. The van der Waals surface area contributed by atoms with Crippen LogP contribution in [0.15, 0.2) is 49.1 Å². The normalized spacial score (nSPS) is 18.4. The number of halogens is 4. The van der Waals surface area contributed by atoms with Crippen LogP contribution in [-0.2, 0) is 11.3 Å². The Morgan fingerprint density at radius 1 is 1.19 bits per heavy atom. The van der Waals surface area contributed by atoms with Crippen molar-refractivity contribution in [3.63, 3.8) is 0 Å². The average molecular weight is 621 g/mol. The third-order valence-electron chi connectivity index (χ3n) is 7.61. The van der Waals surface area contributed by atoms with Crippen molar-refractivity contribution >= 4 is 47.2 Å². The summed E-state index contributed by atoms with van der Waals surface area (Å²) in [4.78, 5) is 35.0. The van der Waals surface area contributed by atoms with E-state index >= 15 is 0 Å². The average Bonchev–Trinajstić information content (AvgIpc) is 3.71. The van der Waals surface area contributed by atoms with E-state index in [1.807, 2.05) is 4.90 Å². The molecule has 222 valence electrons. The Kier molecular flexibility index (Phi) is 8.62. The number of amides is 2. The van der Waals surface area contributed by atoms with Crippen molar-refractivity contribution in [2.75, 3.05) is 38.0 Å². The van der Waals surface area contributed by atoms with Gasteiger partial charge in [-0.2, -0.15) is 19.0 Å². The second-order valence-electron chi connectivity index (χ2n) is 10.2. The van der Waals surface area contributed by atoms with E-state index in [-0.39, 0.29) is 58.1 Å². The number of carbonyl (C=O) groups is 2. The number of anilines is 1. The molecule has 4 aromatic rings. The van der Waals surface area contributed by atoms with Crippen LogP contribution in [0.25, 0.3) is 16.9 Å². The molecular weight excluding hydrogens is 593 g/mol. The van der Waals surface area contributed by atoms with Crippen LogP contribution in [0.4, 0.5) is 14.5 Å². The minimum Gasteiger partial charge on any atom is -0.434 e. The van der Waals surface area contributed by atoms with Gasteiger partial charge in [-0.3, -0.25) is 14.3 Å². The molecule has 0 spiro atoms. The Labute approximate surface area is 250 Å². The number of nitrogens with one attached hydrogen (secondary N) is 1. The Morgan fingerprint density at radius 3 is 2.67 bits per heavy atom. The van der Waals surface area contributed by atoms with Gasteiger partial charge in [0, 0.05) is 55.4 Å². The summed E-state index contributed by atoms with van der Waals surface area (Å²) in [5, 5.41) is 11.7. The number of hydrogen-bond acceptors (Lipinski definition) is 7. The highest BCUT2D eigenvalue weighted by Crippen LogP contribution is 2.37. The topological polar surface area (TPSA) is 110 Å². The predicted octanol–water partition coefficient (Wildman–Crippen LogP) is 3.93. The lowest BCUT2D eigenvalue weighted by molar-refractivity contribution is -0.131. The first-order valence-corrected chi connectivity index (χ1v) is 13.6. The molecule has 11 nitrogen and oxygen atoms in total. The van der Waals surface area contributed by atoms with Crippen LogP contribution in [0.5, 0.6) is 5.75 Å². The molecule has 2 fully saturated rings. The van der Waals surface area contributed by atoms with E-state index in [0.717, 1.165) is 19.6 Å². The molecular formula is C27H28Cl2F2N8O3. The highest BCUT2D eigenvalue weighted by Gasteiger charge is 2.41.